The lowest BCUT2D eigenvalue weighted by Crippen LogP contribution is -2.45. The Morgan fingerprint density at radius 3 is 2.33 bits per heavy atom. The standard InChI is InChI=1S/C13H16N6O2/c1-8-5-4-6-11(7-8)15-13(21)19-10(3)16-18(12(14)20)9(2)17-19/h4-7H,1-3H3,(H2,14,20)(H,15,21). The van der Waals surface area contributed by atoms with Gasteiger partial charge in [0.2, 0.25) is 0 Å². The van der Waals surface area contributed by atoms with Gasteiger partial charge in [-0.1, -0.05) is 12.1 Å². The number of anilines is 1. The second-order valence-corrected chi connectivity index (χ2v) is 4.56. The maximum absolute atomic E-state index is 12.2. The molecule has 110 valence electrons. The molecule has 0 fully saturated rings. The van der Waals surface area contributed by atoms with Gasteiger partial charge in [-0.15, -0.1) is 10.2 Å². The molecule has 4 amide bonds. The zero-order chi connectivity index (χ0) is 15.6. The summed E-state index contributed by atoms with van der Waals surface area (Å²) in [5, 5.41) is 12.7. The fraction of sp³-hybridized carbons (Fsp3) is 0.231. The number of carbonyl (C=O) groups is 2. The van der Waals surface area contributed by atoms with Gasteiger partial charge in [0.25, 0.3) is 0 Å². The van der Waals surface area contributed by atoms with Crippen LogP contribution in [0.2, 0.25) is 0 Å². The minimum absolute atomic E-state index is 0.215. The molecule has 1 aliphatic heterocycles. The predicted octanol–water partition coefficient (Wildman–Crippen LogP) is 1.89. The Kier molecular flexibility index (Phi) is 3.88. The third-order valence-corrected chi connectivity index (χ3v) is 2.77. The van der Waals surface area contributed by atoms with Gasteiger partial charge >= 0.3 is 12.1 Å². The van der Waals surface area contributed by atoms with Crippen molar-refractivity contribution in [2.75, 3.05) is 5.32 Å². The van der Waals surface area contributed by atoms with Gasteiger partial charge in [-0.2, -0.15) is 10.0 Å². The summed E-state index contributed by atoms with van der Waals surface area (Å²) in [4.78, 5) is 23.4. The van der Waals surface area contributed by atoms with Crippen molar-refractivity contribution in [2.24, 2.45) is 15.9 Å². The maximum Gasteiger partial charge on any atom is 0.348 e. The maximum atomic E-state index is 12.2. The van der Waals surface area contributed by atoms with E-state index in [1.54, 1.807) is 13.0 Å². The summed E-state index contributed by atoms with van der Waals surface area (Å²) in [6, 6.07) is 6.15. The van der Waals surface area contributed by atoms with E-state index < -0.39 is 12.1 Å². The molecule has 1 aromatic carbocycles. The van der Waals surface area contributed by atoms with E-state index in [9.17, 15) is 9.59 Å². The van der Waals surface area contributed by atoms with Crippen LogP contribution in [0.15, 0.2) is 34.5 Å². The van der Waals surface area contributed by atoms with Gasteiger partial charge < -0.3 is 11.1 Å². The van der Waals surface area contributed by atoms with E-state index in [2.05, 4.69) is 15.5 Å². The highest BCUT2D eigenvalue weighted by atomic mass is 16.2. The van der Waals surface area contributed by atoms with Crippen molar-refractivity contribution in [3.05, 3.63) is 29.8 Å². The quantitative estimate of drug-likeness (QED) is 0.823. The number of aryl methyl sites for hydroxylation is 1. The van der Waals surface area contributed by atoms with E-state index in [0.29, 0.717) is 5.69 Å². The van der Waals surface area contributed by atoms with Crippen LogP contribution in [0.3, 0.4) is 0 Å². The van der Waals surface area contributed by atoms with Gasteiger partial charge in [0.05, 0.1) is 0 Å². The van der Waals surface area contributed by atoms with Gasteiger partial charge in [0, 0.05) is 5.69 Å². The number of nitrogens with one attached hydrogen (secondary N) is 1. The molecule has 21 heavy (non-hydrogen) atoms. The molecule has 0 saturated carbocycles. The molecule has 0 unspecified atom stereocenters. The van der Waals surface area contributed by atoms with Crippen molar-refractivity contribution in [2.45, 2.75) is 20.8 Å². The van der Waals surface area contributed by atoms with Crippen LogP contribution in [-0.2, 0) is 0 Å². The molecule has 0 bridgehead atoms. The number of nitrogens with zero attached hydrogens (tertiary/aromatic N) is 4. The molecular formula is C13H16N6O2. The molecule has 8 nitrogen and oxygen atoms in total. The van der Waals surface area contributed by atoms with Crippen molar-refractivity contribution < 1.29 is 9.59 Å². The molecule has 8 heteroatoms. The Balaban J connectivity index is 2.17. The molecule has 0 radical (unpaired) electrons. The second kappa shape index (κ2) is 5.61. The summed E-state index contributed by atoms with van der Waals surface area (Å²) in [6.07, 6.45) is 0. The molecule has 0 aliphatic carbocycles. The lowest BCUT2D eigenvalue weighted by molar-refractivity contribution is 0.221. The zero-order valence-electron chi connectivity index (χ0n) is 12.0. The van der Waals surface area contributed by atoms with Crippen LogP contribution in [0.25, 0.3) is 0 Å². The summed E-state index contributed by atoms with van der Waals surface area (Å²) in [7, 11) is 0. The zero-order valence-corrected chi connectivity index (χ0v) is 12.0. The number of urea groups is 2. The number of rotatable bonds is 1. The first-order chi connectivity index (χ1) is 9.88. The smallest absolute Gasteiger partial charge is 0.348 e. The minimum Gasteiger partial charge on any atom is -0.350 e. The molecule has 0 saturated heterocycles. The monoisotopic (exact) mass is 288 g/mol. The number of hydrogen-bond donors (Lipinski definition) is 2. The van der Waals surface area contributed by atoms with Crippen molar-refractivity contribution in [3.8, 4) is 0 Å². The van der Waals surface area contributed by atoms with E-state index in [4.69, 9.17) is 5.73 Å². The van der Waals surface area contributed by atoms with Gasteiger partial charge in [-0.3, -0.25) is 0 Å². The van der Waals surface area contributed by atoms with Gasteiger partial charge in [-0.05, 0) is 38.5 Å². The third-order valence-electron chi connectivity index (χ3n) is 2.77. The summed E-state index contributed by atoms with van der Waals surface area (Å²) < 4.78 is 0. The second-order valence-electron chi connectivity index (χ2n) is 4.56. The number of hydrazone groups is 2. The summed E-state index contributed by atoms with van der Waals surface area (Å²) in [5.74, 6) is 0.456. The molecule has 1 aliphatic rings. The Bertz CT molecular complexity index is 652. The Labute approximate surface area is 121 Å². The van der Waals surface area contributed by atoms with Crippen LogP contribution >= 0.6 is 0 Å². The molecule has 3 N–H and O–H groups in total. The van der Waals surface area contributed by atoms with Crippen molar-refractivity contribution >= 4 is 29.4 Å². The SMILES string of the molecule is CC1=NN(C(=O)Nc2cccc(C)c2)C(C)=NN1C(N)=O. The topological polar surface area (TPSA) is 103 Å². The molecule has 1 heterocycles. The van der Waals surface area contributed by atoms with Crippen LogP contribution in [-0.4, -0.2) is 33.8 Å². The summed E-state index contributed by atoms with van der Waals surface area (Å²) in [5.41, 5.74) is 6.84. The normalized spacial score (nSPS) is 14.4. The Morgan fingerprint density at radius 1 is 1.10 bits per heavy atom. The van der Waals surface area contributed by atoms with E-state index in [-0.39, 0.29) is 11.7 Å². The molecule has 1 aromatic rings. The number of benzene rings is 1. The van der Waals surface area contributed by atoms with Gasteiger partial charge in [-0.25, -0.2) is 9.59 Å². The molecule has 0 aromatic heterocycles. The average Bonchev–Trinajstić information content (AvgIpc) is 2.40. The average molecular weight is 288 g/mol. The number of nitrogens with two attached hydrogens (primary N) is 1. The highest BCUT2D eigenvalue weighted by molar-refractivity contribution is 6.07. The van der Waals surface area contributed by atoms with Crippen LogP contribution in [0.5, 0.6) is 0 Å². The first-order valence-corrected chi connectivity index (χ1v) is 6.26. The molecule has 0 atom stereocenters. The number of hydrogen-bond acceptors (Lipinski definition) is 4. The lowest BCUT2D eigenvalue weighted by atomic mass is 10.2. The number of amidine groups is 2. The van der Waals surface area contributed by atoms with Crippen molar-refractivity contribution in [1.82, 2.24) is 10.0 Å². The van der Waals surface area contributed by atoms with Crippen LogP contribution < -0.4 is 11.1 Å². The number of carbonyl (C=O) groups excluding carboxylic acids is 2. The van der Waals surface area contributed by atoms with Crippen molar-refractivity contribution in [3.63, 3.8) is 0 Å². The fourth-order valence-electron chi connectivity index (χ4n) is 1.82. The third kappa shape index (κ3) is 3.16. The van der Waals surface area contributed by atoms with E-state index in [1.807, 2.05) is 25.1 Å². The lowest BCUT2D eigenvalue weighted by Gasteiger charge is -2.26. The Morgan fingerprint density at radius 2 is 1.71 bits per heavy atom. The van der Waals surface area contributed by atoms with Crippen molar-refractivity contribution in [1.29, 1.82) is 0 Å². The van der Waals surface area contributed by atoms with Gasteiger partial charge in [0.1, 0.15) is 0 Å². The number of primary amides is 1. The van der Waals surface area contributed by atoms with E-state index >= 15 is 0 Å². The molecular weight excluding hydrogens is 272 g/mol. The highest BCUT2D eigenvalue weighted by Crippen LogP contribution is 2.13. The fourth-order valence-corrected chi connectivity index (χ4v) is 1.82. The predicted molar refractivity (Wildman–Crippen MR) is 79.7 cm³/mol. The van der Waals surface area contributed by atoms with Crippen LogP contribution in [0, 0.1) is 6.92 Å². The number of amides is 4. The van der Waals surface area contributed by atoms with Crippen LogP contribution in [0.4, 0.5) is 15.3 Å². The van der Waals surface area contributed by atoms with Gasteiger partial charge in [0.15, 0.2) is 11.7 Å². The first-order valence-electron chi connectivity index (χ1n) is 6.26. The summed E-state index contributed by atoms with van der Waals surface area (Å²) >= 11 is 0. The minimum atomic E-state index is -0.755. The Hall–Kier alpha value is -2.90. The molecule has 0 spiro atoms. The summed E-state index contributed by atoms with van der Waals surface area (Å²) in [6.45, 7) is 5.02. The van der Waals surface area contributed by atoms with E-state index in [0.717, 1.165) is 15.6 Å². The molecule has 2 rings (SSSR count). The van der Waals surface area contributed by atoms with Crippen LogP contribution in [0.1, 0.15) is 19.4 Å². The highest BCUT2D eigenvalue weighted by Gasteiger charge is 2.25. The largest absolute Gasteiger partial charge is 0.350 e. The first kappa shape index (κ1) is 14.5. The van der Waals surface area contributed by atoms with E-state index in [1.165, 1.54) is 6.92 Å².